The molecule has 0 saturated carbocycles. The smallest absolute Gasteiger partial charge is 0.227 e. The Labute approximate surface area is 203 Å². The summed E-state index contributed by atoms with van der Waals surface area (Å²) in [4.78, 5) is 22.2. The molecule has 8 heteroatoms. The molecule has 1 aliphatic heterocycles. The van der Waals surface area contributed by atoms with Gasteiger partial charge in [-0.2, -0.15) is 10.1 Å². The molecule has 0 N–H and O–H groups in total. The van der Waals surface area contributed by atoms with Crippen LogP contribution in [0.2, 0.25) is 0 Å². The number of thiazole rings is 1. The van der Waals surface area contributed by atoms with Gasteiger partial charge < -0.3 is 14.5 Å². The van der Waals surface area contributed by atoms with Gasteiger partial charge in [-0.1, -0.05) is 41.2 Å². The van der Waals surface area contributed by atoms with E-state index in [4.69, 9.17) is 14.8 Å². The highest BCUT2D eigenvalue weighted by molar-refractivity contribution is 7.22. The van der Waals surface area contributed by atoms with E-state index in [0.717, 1.165) is 64.2 Å². The third-order valence-corrected chi connectivity index (χ3v) is 7.50. The van der Waals surface area contributed by atoms with Gasteiger partial charge in [-0.3, -0.25) is 4.79 Å². The fraction of sp³-hybridized carbons (Fsp3) is 0.346. The number of aryl methyl sites for hydroxylation is 2. The maximum atomic E-state index is 12.9. The lowest BCUT2D eigenvalue weighted by Crippen LogP contribution is -2.36. The minimum absolute atomic E-state index is 0.195. The average Bonchev–Trinajstić information content (AvgIpc) is 3.31. The number of ether oxygens (including phenoxy) is 1. The Hall–Kier alpha value is -3.39. The molecule has 2 aromatic carbocycles. The number of rotatable bonds is 5. The summed E-state index contributed by atoms with van der Waals surface area (Å²) in [7, 11) is 1.66. The first-order valence-electron chi connectivity index (χ1n) is 11.6. The van der Waals surface area contributed by atoms with Gasteiger partial charge in [0.05, 0.1) is 29.6 Å². The summed E-state index contributed by atoms with van der Waals surface area (Å²) in [6, 6.07) is 16.1. The zero-order chi connectivity index (χ0) is 23.7. The number of anilines is 1. The van der Waals surface area contributed by atoms with E-state index in [1.165, 1.54) is 5.56 Å². The first kappa shape index (κ1) is 22.4. The fourth-order valence-corrected chi connectivity index (χ4v) is 5.35. The van der Waals surface area contributed by atoms with E-state index in [9.17, 15) is 4.79 Å². The summed E-state index contributed by atoms with van der Waals surface area (Å²) in [6.45, 7) is 7.25. The second kappa shape index (κ2) is 9.46. The van der Waals surface area contributed by atoms with Crippen LogP contribution in [0.15, 0.2) is 48.5 Å². The van der Waals surface area contributed by atoms with Crippen LogP contribution in [0.25, 0.3) is 16.0 Å². The maximum absolute atomic E-state index is 12.9. The van der Waals surface area contributed by atoms with E-state index < -0.39 is 0 Å². The number of methoxy groups -OCH3 is 1. The molecule has 34 heavy (non-hydrogen) atoms. The van der Waals surface area contributed by atoms with E-state index in [1.54, 1.807) is 18.4 Å². The molecule has 2 aromatic heterocycles. The van der Waals surface area contributed by atoms with Gasteiger partial charge in [0, 0.05) is 26.2 Å². The zero-order valence-corrected chi connectivity index (χ0v) is 20.6. The number of benzene rings is 2. The van der Waals surface area contributed by atoms with Crippen molar-refractivity contribution in [3.05, 3.63) is 65.4 Å². The molecule has 7 nitrogen and oxygen atoms in total. The van der Waals surface area contributed by atoms with E-state index in [0.29, 0.717) is 13.0 Å². The molecule has 0 radical (unpaired) electrons. The molecule has 176 valence electrons. The lowest BCUT2D eigenvalue weighted by atomic mass is 10.1. The Bertz CT molecular complexity index is 1290. The summed E-state index contributed by atoms with van der Waals surface area (Å²) in [5.41, 5.74) is 5.09. The third kappa shape index (κ3) is 4.50. The summed E-state index contributed by atoms with van der Waals surface area (Å²) in [5, 5.41) is 5.70. The predicted octanol–water partition coefficient (Wildman–Crippen LogP) is 4.39. The van der Waals surface area contributed by atoms with Crippen LogP contribution in [-0.4, -0.2) is 58.9 Å². The molecule has 1 aliphatic rings. The van der Waals surface area contributed by atoms with Crippen molar-refractivity contribution in [2.45, 2.75) is 26.7 Å². The molecule has 0 atom stereocenters. The molecule has 3 heterocycles. The topological polar surface area (TPSA) is 63.5 Å². The van der Waals surface area contributed by atoms with Gasteiger partial charge in [-0.05, 0) is 50.1 Å². The fourth-order valence-electron chi connectivity index (χ4n) is 4.31. The molecule has 0 bridgehead atoms. The predicted molar refractivity (Wildman–Crippen MR) is 136 cm³/mol. The first-order valence-corrected chi connectivity index (χ1v) is 12.4. The van der Waals surface area contributed by atoms with Crippen LogP contribution in [-0.2, 0) is 11.2 Å². The van der Waals surface area contributed by atoms with Crippen molar-refractivity contribution in [2.24, 2.45) is 0 Å². The number of carbonyl (C=O) groups excluding carboxylic acids is 1. The van der Waals surface area contributed by atoms with Gasteiger partial charge >= 0.3 is 0 Å². The molecule has 1 fully saturated rings. The molecule has 5 rings (SSSR count). The number of hydrogen-bond acceptors (Lipinski definition) is 6. The van der Waals surface area contributed by atoms with Gasteiger partial charge in [0.15, 0.2) is 10.8 Å². The third-order valence-electron chi connectivity index (χ3n) is 6.29. The minimum atomic E-state index is 0.195. The molecular formula is C26H29N5O2S. The summed E-state index contributed by atoms with van der Waals surface area (Å²) >= 11 is 1.68. The Kier molecular flexibility index (Phi) is 6.24. The molecule has 1 saturated heterocycles. The number of carbonyl (C=O) groups is 1. The number of hydrogen-bond donors (Lipinski definition) is 0. The van der Waals surface area contributed by atoms with Crippen LogP contribution in [0.5, 0.6) is 5.75 Å². The maximum Gasteiger partial charge on any atom is 0.227 e. The van der Waals surface area contributed by atoms with Gasteiger partial charge in [-0.15, -0.1) is 0 Å². The van der Waals surface area contributed by atoms with Crippen molar-refractivity contribution in [3.8, 4) is 11.4 Å². The van der Waals surface area contributed by atoms with Crippen LogP contribution < -0.4 is 9.64 Å². The van der Waals surface area contributed by atoms with E-state index >= 15 is 0 Å². The van der Waals surface area contributed by atoms with Crippen molar-refractivity contribution >= 4 is 32.7 Å². The highest BCUT2D eigenvalue weighted by Crippen LogP contribution is 2.33. The van der Waals surface area contributed by atoms with Crippen LogP contribution in [0, 0.1) is 13.8 Å². The average molecular weight is 476 g/mol. The highest BCUT2D eigenvalue weighted by atomic mass is 32.1. The number of aromatic nitrogens is 3. The van der Waals surface area contributed by atoms with Crippen LogP contribution in [0.4, 0.5) is 5.13 Å². The monoisotopic (exact) mass is 475 g/mol. The highest BCUT2D eigenvalue weighted by Gasteiger charge is 2.23. The Balaban J connectivity index is 1.31. The minimum Gasteiger partial charge on any atom is -0.497 e. The quantitative estimate of drug-likeness (QED) is 0.428. The van der Waals surface area contributed by atoms with Crippen molar-refractivity contribution in [1.29, 1.82) is 0 Å². The molecule has 1 amide bonds. The van der Waals surface area contributed by atoms with Gasteiger partial charge in [0.2, 0.25) is 5.91 Å². The van der Waals surface area contributed by atoms with Crippen LogP contribution in [0.3, 0.4) is 0 Å². The Morgan fingerprint density at radius 2 is 1.76 bits per heavy atom. The van der Waals surface area contributed by atoms with Crippen LogP contribution in [0.1, 0.15) is 23.2 Å². The van der Waals surface area contributed by atoms with Gasteiger partial charge in [0.1, 0.15) is 5.75 Å². The summed E-state index contributed by atoms with van der Waals surface area (Å²) < 4.78 is 8.28. The second-order valence-corrected chi connectivity index (χ2v) is 9.71. The molecule has 0 unspecified atom stereocenters. The van der Waals surface area contributed by atoms with Crippen molar-refractivity contribution in [1.82, 2.24) is 19.7 Å². The summed E-state index contributed by atoms with van der Waals surface area (Å²) in [6.07, 6.45) is 1.39. The van der Waals surface area contributed by atoms with Crippen molar-refractivity contribution < 1.29 is 9.53 Å². The summed E-state index contributed by atoms with van der Waals surface area (Å²) in [5.74, 6) is 1.01. The SMILES string of the molecule is COc1ccc(-n2nc(C)c3sc(N4CCCN(C(=O)Cc5ccc(C)cc5)CC4)nc32)cc1. The van der Waals surface area contributed by atoms with E-state index in [1.807, 2.05) is 52.9 Å². The number of nitrogens with zero attached hydrogens (tertiary/aromatic N) is 5. The normalized spacial score (nSPS) is 14.4. The van der Waals surface area contributed by atoms with E-state index in [2.05, 4.69) is 24.0 Å². The van der Waals surface area contributed by atoms with Gasteiger partial charge in [0.25, 0.3) is 0 Å². The second-order valence-electron chi connectivity index (χ2n) is 8.73. The Morgan fingerprint density at radius 1 is 1.00 bits per heavy atom. The van der Waals surface area contributed by atoms with Crippen molar-refractivity contribution in [2.75, 3.05) is 38.2 Å². The van der Waals surface area contributed by atoms with E-state index in [-0.39, 0.29) is 5.91 Å². The number of amides is 1. The molecule has 0 aliphatic carbocycles. The van der Waals surface area contributed by atoms with Gasteiger partial charge in [-0.25, -0.2) is 4.68 Å². The molecular weight excluding hydrogens is 446 g/mol. The largest absolute Gasteiger partial charge is 0.497 e. The van der Waals surface area contributed by atoms with Crippen molar-refractivity contribution in [3.63, 3.8) is 0 Å². The lowest BCUT2D eigenvalue weighted by molar-refractivity contribution is -0.130. The lowest BCUT2D eigenvalue weighted by Gasteiger charge is -2.22. The molecule has 4 aromatic rings. The van der Waals surface area contributed by atoms with Crippen LogP contribution >= 0.6 is 11.3 Å². The first-order chi connectivity index (χ1) is 16.5. The Morgan fingerprint density at radius 3 is 2.50 bits per heavy atom. The zero-order valence-electron chi connectivity index (χ0n) is 19.8. The molecule has 0 spiro atoms. The standard InChI is InChI=1S/C26H29N5O2S/c1-18-5-7-20(8-6-18)17-23(32)29-13-4-14-30(16-15-29)26-27-25-24(34-26)19(2)28-31(25)21-9-11-22(33-3)12-10-21/h5-12H,4,13-17H2,1-3H3. The number of fused-ring (bicyclic) bond motifs is 1.